The number of hydrogen-bond donors (Lipinski definition) is 0. The number of pyridine rings is 1. The Morgan fingerprint density at radius 1 is 1.29 bits per heavy atom. The summed E-state index contributed by atoms with van der Waals surface area (Å²) in [5.41, 5.74) is 2.78. The molecule has 0 N–H and O–H groups in total. The molecule has 70 valence electrons. The Bertz CT molecular complexity index is 500. The van der Waals surface area contributed by atoms with Crippen LogP contribution >= 0.6 is 12.4 Å². The highest BCUT2D eigenvalue weighted by Crippen LogP contribution is 2.21. The van der Waals surface area contributed by atoms with Crippen LogP contribution in [0.4, 0.5) is 5.69 Å². The Morgan fingerprint density at radius 2 is 2.07 bits per heavy atom. The average molecular weight is 205 g/mol. The van der Waals surface area contributed by atoms with E-state index in [0.29, 0.717) is 5.69 Å². The number of aryl methyl sites for hydroxylation is 1. The van der Waals surface area contributed by atoms with E-state index >= 15 is 0 Å². The summed E-state index contributed by atoms with van der Waals surface area (Å²) in [6.45, 7) is 8.92. The lowest BCUT2D eigenvalue weighted by atomic mass is 10.1. The monoisotopic (exact) mass is 204 g/mol. The summed E-state index contributed by atoms with van der Waals surface area (Å²) in [7, 11) is 0. The highest BCUT2D eigenvalue weighted by molar-refractivity contribution is 5.85. The van der Waals surface area contributed by atoms with E-state index in [1.807, 2.05) is 25.1 Å². The maximum absolute atomic E-state index is 6.89. The normalized spacial score (nSPS) is 9.14. The molecule has 2 rings (SSSR count). The molecule has 0 radical (unpaired) electrons. The van der Waals surface area contributed by atoms with E-state index in [4.69, 9.17) is 6.57 Å². The molecule has 1 aromatic carbocycles. The van der Waals surface area contributed by atoms with Gasteiger partial charge in [-0.1, -0.05) is 6.07 Å². The second-order valence-corrected chi connectivity index (χ2v) is 2.94. The van der Waals surface area contributed by atoms with Crippen molar-refractivity contribution in [2.45, 2.75) is 6.92 Å². The number of rotatable bonds is 0. The highest BCUT2D eigenvalue weighted by Gasteiger charge is 1.98. The summed E-state index contributed by atoms with van der Waals surface area (Å²) in [5, 5.41) is 1.07. The molecule has 2 nitrogen and oxygen atoms in total. The van der Waals surface area contributed by atoms with Gasteiger partial charge in [-0.3, -0.25) is 4.98 Å². The number of fused-ring (bicyclic) bond motifs is 1. The van der Waals surface area contributed by atoms with Crippen molar-refractivity contribution < 1.29 is 0 Å². The average Bonchev–Trinajstić information content (AvgIpc) is 2.18. The first-order chi connectivity index (χ1) is 6.31. The van der Waals surface area contributed by atoms with Crippen LogP contribution in [-0.4, -0.2) is 4.98 Å². The van der Waals surface area contributed by atoms with Crippen molar-refractivity contribution in [3.63, 3.8) is 0 Å². The van der Waals surface area contributed by atoms with Gasteiger partial charge < -0.3 is 0 Å². The molecule has 3 heteroatoms. The van der Waals surface area contributed by atoms with E-state index in [0.717, 1.165) is 16.5 Å². The van der Waals surface area contributed by atoms with Gasteiger partial charge in [0.05, 0.1) is 12.1 Å². The Kier molecular flexibility index (Phi) is 3.06. The fraction of sp³-hybridized carbons (Fsp3) is 0.0909. The van der Waals surface area contributed by atoms with Crippen LogP contribution in [0, 0.1) is 13.5 Å². The van der Waals surface area contributed by atoms with Crippen molar-refractivity contribution in [3.8, 4) is 0 Å². The summed E-state index contributed by atoms with van der Waals surface area (Å²) in [5.74, 6) is 0. The van der Waals surface area contributed by atoms with Gasteiger partial charge in [0, 0.05) is 6.20 Å². The summed E-state index contributed by atoms with van der Waals surface area (Å²) >= 11 is 0. The second-order valence-electron chi connectivity index (χ2n) is 2.94. The minimum atomic E-state index is 0. The van der Waals surface area contributed by atoms with Gasteiger partial charge in [-0.05, 0) is 36.1 Å². The van der Waals surface area contributed by atoms with Crippen LogP contribution in [0.3, 0.4) is 0 Å². The molecule has 0 amide bonds. The lowest BCUT2D eigenvalue weighted by molar-refractivity contribution is 1.37. The van der Waals surface area contributed by atoms with Gasteiger partial charge in [0.1, 0.15) is 0 Å². The third kappa shape index (κ3) is 1.68. The molecule has 0 aliphatic heterocycles. The summed E-state index contributed by atoms with van der Waals surface area (Å²) in [6.07, 6.45) is 1.79. The number of hydrogen-bond acceptors (Lipinski definition) is 1. The van der Waals surface area contributed by atoms with E-state index in [9.17, 15) is 0 Å². The van der Waals surface area contributed by atoms with Gasteiger partial charge >= 0.3 is 0 Å². The van der Waals surface area contributed by atoms with Crippen molar-refractivity contribution in [1.29, 1.82) is 0 Å². The zero-order valence-electron chi connectivity index (χ0n) is 7.69. The van der Waals surface area contributed by atoms with Crippen LogP contribution in [0.2, 0.25) is 0 Å². The van der Waals surface area contributed by atoms with E-state index in [2.05, 4.69) is 9.83 Å². The number of aromatic nitrogens is 1. The first kappa shape index (κ1) is 10.5. The van der Waals surface area contributed by atoms with E-state index in [1.54, 1.807) is 12.3 Å². The van der Waals surface area contributed by atoms with Crippen LogP contribution in [0.5, 0.6) is 0 Å². The van der Waals surface area contributed by atoms with Crippen LogP contribution in [0.25, 0.3) is 15.7 Å². The molecule has 1 heterocycles. The molecule has 0 bridgehead atoms. The largest absolute Gasteiger partial charge is 0.256 e. The molecule has 2 aromatic rings. The summed E-state index contributed by atoms with van der Waals surface area (Å²) < 4.78 is 0. The number of nitrogens with zero attached hydrogens (tertiary/aromatic N) is 2. The van der Waals surface area contributed by atoms with Gasteiger partial charge in [-0.25, -0.2) is 4.85 Å². The van der Waals surface area contributed by atoms with Gasteiger partial charge in [0.25, 0.3) is 0 Å². The van der Waals surface area contributed by atoms with E-state index in [-0.39, 0.29) is 12.4 Å². The molecular formula is C11H9ClN2. The molecule has 0 spiro atoms. The van der Waals surface area contributed by atoms with E-state index in [1.165, 1.54) is 0 Å². The molecule has 0 aliphatic rings. The molecule has 0 fully saturated rings. The minimum absolute atomic E-state index is 0. The SMILES string of the molecule is Cl.[C-]#[N+]c1ccc2nccc(C)c2c1. The maximum atomic E-state index is 6.89. The zero-order valence-corrected chi connectivity index (χ0v) is 8.51. The number of halogens is 1. The van der Waals surface area contributed by atoms with E-state index < -0.39 is 0 Å². The highest BCUT2D eigenvalue weighted by atomic mass is 35.5. The Morgan fingerprint density at radius 3 is 2.79 bits per heavy atom. The maximum Gasteiger partial charge on any atom is 0.188 e. The van der Waals surface area contributed by atoms with Crippen molar-refractivity contribution >= 4 is 29.0 Å². The minimum Gasteiger partial charge on any atom is -0.256 e. The third-order valence-electron chi connectivity index (χ3n) is 2.07. The standard InChI is InChI=1S/C11H8N2.ClH/c1-8-5-6-13-11-4-3-9(12-2)7-10(8)11;/h3-7H,1H3;1H. The van der Waals surface area contributed by atoms with Crippen LogP contribution in [0.15, 0.2) is 30.5 Å². The summed E-state index contributed by atoms with van der Waals surface area (Å²) in [6, 6.07) is 7.51. The van der Waals surface area contributed by atoms with Gasteiger partial charge in [-0.15, -0.1) is 12.4 Å². The lowest BCUT2D eigenvalue weighted by Crippen LogP contribution is -1.80. The van der Waals surface area contributed by atoms with Crippen LogP contribution in [0.1, 0.15) is 5.56 Å². The first-order valence-corrected chi connectivity index (χ1v) is 4.04. The molecule has 1 aromatic heterocycles. The van der Waals surface area contributed by atoms with Gasteiger partial charge in [0.15, 0.2) is 5.69 Å². The molecule has 0 aliphatic carbocycles. The molecule has 0 saturated carbocycles. The second kappa shape index (κ2) is 4.08. The summed E-state index contributed by atoms with van der Waals surface area (Å²) in [4.78, 5) is 7.60. The third-order valence-corrected chi connectivity index (χ3v) is 2.07. The fourth-order valence-electron chi connectivity index (χ4n) is 1.34. The lowest BCUT2D eigenvalue weighted by Gasteiger charge is -2.00. The Hall–Kier alpha value is -1.59. The molecular weight excluding hydrogens is 196 g/mol. The van der Waals surface area contributed by atoms with Gasteiger partial charge in [0.2, 0.25) is 0 Å². The molecule has 0 saturated heterocycles. The fourth-order valence-corrected chi connectivity index (χ4v) is 1.34. The van der Waals surface area contributed by atoms with Crippen LogP contribution < -0.4 is 0 Å². The van der Waals surface area contributed by atoms with Gasteiger partial charge in [-0.2, -0.15) is 0 Å². The quantitative estimate of drug-likeness (QED) is 0.601. The zero-order chi connectivity index (χ0) is 9.26. The predicted molar refractivity (Wildman–Crippen MR) is 60.0 cm³/mol. The van der Waals surface area contributed by atoms with Crippen molar-refractivity contribution in [2.75, 3.05) is 0 Å². The first-order valence-electron chi connectivity index (χ1n) is 4.04. The van der Waals surface area contributed by atoms with Crippen molar-refractivity contribution in [3.05, 3.63) is 47.4 Å². The Balaban J connectivity index is 0.000000980. The van der Waals surface area contributed by atoms with Crippen LogP contribution in [-0.2, 0) is 0 Å². The Labute approximate surface area is 88.8 Å². The molecule has 14 heavy (non-hydrogen) atoms. The van der Waals surface area contributed by atoms with Crippen molar-refractivity contribution in [1.82, 2.24) is 4.98 Å². The topological polar surface area (TPSA) is 17.2 Å². The molecule has 0 unspecified atom stereocenters. The number of benzene rings is 1. The molecule has 0 atom stereocenters. The van der Waals surface area contributed by atoms with Crippen molar-refractivity contribution in [2.24, 2.45) is 0 Å². The smallest absolute Gasteiger partial charge is 0.188 e. The predicted octanol–water partition coefficient (Wildman–Crippen LogP) is 3.52.